The van der Waals surface area contributed by atoms with Crippen molar-refractivity contribution in [3.63, 3.8) is 0 Å². The van der Waals surface area contributed by atoms with E-state index in [1.807, 2.05) is 6.26 Å². The summed E-state index contributed by atoms with van der Waals surface area (Å²) in [5.74, 6) is 0. The maximum absolute atomic E-state index is 12.3. The molecule has 0 fully saturated rings. The van der Waals surface area contributed by atoms with Crippen LogP contribution in [0.1, 0.15) is 11.1 Å². The second-order valence-electron chi connectivity index (χ2n) is 2.73. The number of hydrogen-bond acceptors (Lipinski definition) is 2. The van der Waals surface area contributed by atoms with Crippen molar-refractivity contribution in [1.82, 2.24) is 0 Å². The highest BCUT2D eigenvalue weighted by atomic mass is 32.2. The van der Waals surface area contributed by atoms with Crippen LogP contribution in [-0.4, -0.2) is 6.26 Å². The van der Waals surface area contributed by atoms with Crippen molar-refractivity contribution in [2.75, 3.05) is 6.26 Å². The number of hydrogen-bond donors (Lipinski definition) is 1. The number of nitrogens with two attached hydrogens (primary N) is 1. The Morgan fingerprint density at radius 3 is 2.43 bits per heavy atom. The SMILES string of the molecule is CSc1ccc(C(F)(F)F)cc1CN. The van der Waals surface area contributed by atoms with Gasteiger partial charge >= 0.3 is 6.18 Å². The third kappa shape index (κ3) is 2.42. The molecule has 0 heterocycles. The molecule has 2 N–H and O–H groups in total. The predicted molar refractivity (Wildman–Crippen MR) is 51.1 cm³/mol. The molecule has 0 unspecified atom stereocenters. The number of alkyl halides is 3. The molecule has 0 aliphatic heterocycles. The van der Waals surface area contributed by atoms with Gasteiger partial charge in [-0.25, -0.2) is 0 Å². The van der Waals surface area contributed by atoms with Crippen LogP contribution in [0.4, 0.5) is 13.2 Å². The molecule has 1 nitrogen and oxygen atoms in total. The fraction of sp³-hybridized carbons (Fsp3) is 0.333. The van der Waals surface area contributed by atoms with Gasteiger partial charge in [0.15, 0.2) is 0 Å². The summed E-state index contributed by atoms with van der Waals surface area (Å²) in [4.78, 5) is 0.792. The van der Waals surface area contributed by atoms with Crippen LogP contribution in [0, 0.1) is 0 Å². The summed E-state index contributed by atoms with van der Waals surface area (Å²) >= 11 is 1.39. The van der Waals surface area contributed by atoms with Gasteiger partial charge < -0.3 is 5.73 Å². The molecule has 0 bridgehead atoms. The molecule has 0 saturated carbocycles. The second-order valence-corrected chi connectivity index (χ2v) is 3.58. The van der Waals surface area contributed by atoms with E-state index in [4.69, 9.17) is 5.73 Å². The van der Waals surface area contributed by atoms with Gasteiger partial charge in [0.05, 0.1) is 5.56 Å². The van der Waals surface area contributed by atoms with Crippen LogP contribution in [-0.2, 0) is 12.7 Å². The van der Waals surface area contributed by atoms with E-state index in [-0.39, 0.29) is 6.54 Å². The second kappa shape index (κ2) is 4.23. The maximum atomic E-state index is 12.3. The van der Waals surface area contributed by atoms with Crippen molar-refractivity contribution < 1.29 is 13.2 Å². The first-order valence-electron chi connectivity index (χ1n) is 3.93. The van der Waals surface area contributed by atoms with Gasteiger partial charge in [0.1, 0.15) is 0 Å². The predicted octanol–water partition coefficient (Wildman–Crippen LogP) is 2.89. The number of benzene rings is 1. The third-order valence-corrected chi connectivity index (χ3v) is 2.67. The van der Waals surface area contributed by atoms with Gasteiger partial charge in [0.25, 0.3) is 0 Å². The van der Waals surface area contributed by atoms with Gasteiger partial charge in [-0.15, -0.1) is 11.8 Å². The zero-order valence-corrected chi connectivity index (χ0v) is 8.38. The monoisotopic (exact) mass is 221 g/mol. The van der Waals surface area contributed by atoms with E-state index in [1.165, 1.54) is 17.8 Å². The molecule has 0 atom stereocenters. The van der Waals surface area contributed by atoms with Crippen molar-refractivity contribution in [2.24, 2.45) is 5.73 Å². The van der Waals surface area contributed by atoms with Crippen LogP contribution in [0.15, 0.2) is 23.1 Å². The Kier molecular flexibility index (Phi) is 3.44. The molecule has 0 amide bonds. The molecule has 78 valence electrons. The van der Waals surface area contributed by atoms with Crippen molar-refractivity contribution in [1.29, 1.82) is 0 Å². The molecular formula is C9H10F3NS. The molecule has 0 aromatic heterocycles. The van der Waals surface area contributed by atoms with Crippen LogP contribution < -0.4 is 5.73 Å². The van der Waals surface area contributed by atoms with Crippen LogP contribution >= 0.6 is 11.8 Å². The van der Waals surface area contributed by atoms with Crippen molar-refractivity contribution >= 4 is 11.8 Å². The summed E-state index contributed by atoms with van der Waals surface area (Å²) in [5.41, 5.74) is 5.25. The van der Waals surface area contributed by atoms with E-state index >= 15 is 0 Å². The van der Waals surface area contributed by atoms with Crippen LogP contribution in [0.25, 0.3) is 0 Å². The Bertz CT molecular complexity index is 322. The van der Waals surface area contributed by atoms with Gasteiger partial charge in [0.2, 0.25) is 0 Å². The minimum atomic E-state index is -4.29. The fourth-order valence-electron chi connectivity index (χ4n) is 1.11. The molecule has 5 heteroatoms. The Morgan fingerprint density at radius 2 is 2.00 bits per heavy atom. The molecule has 1 rings (SSSR count). The fourth-order valence-corrected chi connectivity index (χ4v) is 1.72. The zero-order chi connectivity index (χ0) is 10.8. The molecule has 0 aliphatic rings. The normalized spacial score (nSPS) is 11.8. The van der Waals surface area contributed by atoms with E-state index in [9.17, 15) is 13.2 Å². The van der Waals surface area contributed by atoms with Crippen molar-refractivity contribution in [2.45, 2.75) is 17.6 Å². The number of rotatable bonds is 2. The lowest BCUT2D eigenvalue weighted by Gasteiger charge is -2.10. The molecular weight excluding hydrogens is 211 g/mol. The largest absolute Gasteiger partial charge is 0.416 e. The van der Waals surface area contributed by atoms with Gasteiger partial charge in [-0.05, 0) is 30.0 Å². The minimum Gasteiger partial charge on any atom is -0.326 e. The molecule has 1 aromatic rings. The van der Waals surface area contributed by atoms with Crippen LogP contribution in [0.5, 0.6) is 0 Å². The summed E-state index contributed by atoms with van der Waals surface area (Å²) in [5, 5.41) is 0. The van der Waals surface area contributed by atoms with Gasteiger partial charge in [0, 0.05) is 11.4 Å². The lowest BCUT2D eigenvalue weighted by atomic mass is 10.1. The minimum absolute atomic E-state index is 0.125. The first kappa shape index (κ1) is 11.4. The number of halogens is 3. The summed E-state index contributed by atoms with van der Waals surface area (Å²) < 4.78 is 36.9. The molecule has 0 saturated heterocycles. The van der Waals surface area contributed by atoms with Crippen LogP contribution in [0.2, 0.25) is 0 Å². The Hall–Kier alpha value is -0.680. The summed E-state index contributed by atoms with van der Waals surface area (Å²) in [6, 6.07) is 3.63. The Balaban J connectivity index is 3.14. The van der Waals surface area contributed by atoms with E-state index in [2.05, 4.69) is 0 Å². The Labute approximate surface area is 84.5 Å². The lowest BCUT2D eigenvalue weighted by Crippen LogP contribution is -2.07. The van der Waals surface area contributed by atoms with E-state index in [0.29, 0.717) is 5.56 Å². The van der Waals surface area contributed by atoms with Crippen LogP contribution in [0.3, 0.4) is 0 Å². The highest BCUT2D eigenvalue weighted by molar-refractivity contribution is 7.98. The first-order chi connectivity index (χ1) is 6.49. The summed E-state index contributed by atoms with van der Waals surface area (Å²) in [6.45, 7) is 0.125. The van der Waals surface area contributed by atoms with E-state index in [0.717, 1.165) is 17.0 Å². The highest BCUT2D eigenvalue weighted by Crippen LogP contribution is 2.32. The average molecular weight is 221 g/mol. The topological polar surface area (TPSA) is 26.0 Å². The molecule has 1 aromatic carbocycles. The highest BCUT2D eigenvalue weighted by Gasteiger charge is 2.30. The van der Waals surface area contributed by atoms with Gasteiger partial charge in [-0.2, -0.15) is 13.2 Å². The van der Waals surface area contributed by atoms with Gasteiger partial charge in [-0.3, -0.25) is 0 Å². The smallest absolute Gasteiger partial charge is 0.326 e. The quantitative estimate of drug-likeness (QED) is 0.777. The number of thioether (sulfide) groups is 1. The molecule has 14 heavy (non-hydrogen) atoms. The Morgan fingerprint density at radius 1 is 1.36 bits per heavy atom. The maximum Gasteiger partial charge on any atom is 0.416 e. The first-order valence-corrected chi connectivity index (χ1v) is 5.15. The van der Waals surface area contributed by atoms with E-state index < -0.39 is 11.7 Å². The van der Waals surface area contributed by atoms with E-state index in [1.54, 1.807) is 0 Å². The third-order valence-electron chi connectivity index (χ3n) is 1.83. The summed E-state index contributed by atoms with van der Waals surface area (Å²) in [6.07, 6.45) is -2.48. The van der Waals surface area contributed by atoms with Crippen molar-refractivity contribution in [3.05, 3.63) is 29.3 Å². The van der Waals surface area contributed by atoms with Gasteiger partial charge in [-0.1, -0.05) is 0 Å². The van der Waals surface area contributed by atoms with Crippen molar-refractivity contribution in [3.8, 4) is 0 Å². The zero-order valence-electron chi connectivity index (χ0n) is 7.56. The summed E-state index contributed by atoms with van der Waals surface area (Å²) in [7, 11) is 0. The standard InChI is InChI=1S/C9H10F3NS/c1-14-8-3-2-7(9(10,11)12)4-6(8)5-13/h2-4H,5,13H2,1H3. The average Bonchev–Trinajstić information content (AvgIpc) is 2.15. The molecule has 0 aliphatic carbocycles. The molecule has 0 radical (unpaired) electrons. The molecule has 0 spiro atoms. The lowest BCUT2D eigenvalue weighted by molar-refractivity contribution is -0.137.